The Morgan fingerprint density at radius 2 is 1.62 bits per heavy atom. The molecule has 0 spiro atoms. The maximum atomic E-state index is 5.68. The molecule has 32 heavy (non-hydrogen) atoms. The maximum Gasteiger partial charge on any atom is 0.123 e. The van der Waals surface area contributed by atoms with E-state index in [1.165, 1.54) is 36.1 Å². The third-order valence-electron chi connectivity index (χ3n) is 7.10. The lowest BCUT2D eigenvalue weighted by Crippen LogP contribution is -2.57. The summed E-state index contributed by atoms with van der Waals surface area (Å²) >= 11 is 3.65. The van der Waals surface area contributed by atoms with Gasteiger partial charge in [0.1, 0.15) is 5.75 Å². The van der Waals surface area contributed by atoms with Crippen LogP contribution in [0.4, 0.5) is 0 Å². The standard InChI is InChI=1S/C28H31BrN2O/c1-32-27-15-14-24(29)17-23(27)18-30-19-25-13-8-16-31(25)26(20-30)28(21-9-4-2-5-10-21)22-11-6-3-7-12-22/h2-7,9-12,14-15,17,25-26,28H,8,13,16,18-20H2,1H3/t25-,26?/m0/s1. The van der Waals surface area contributed by atoms with E-state index in [0.29, 0.717) is 18.0 Å². The molecule has 0 aliphatic carbocycles. The molecule has 0 radical (unpaired) electrons. The lowest BCUT2D eigenvalue weighted by Gasteiger charge is -2.47. The molecule has 2 aliphatic heterocycles. The maximum absolute atomic E-state index is 5.68. The molecule has 2 heterocycles. The zero-order valence-electron chi connectivity index (χ0n) is 18.7. The predicted molar refractivity (Wildman–Crippen MR) is 134 cm³/mol. The minimum atomic E-state index is 0.366. The van der Waals surface area contributed by atoms with Crippen molar-refractivity contribution < 1.29 is 4.74 Å². The van der Waals surface area contributed by atoms with E-state index in [0.717, 1.165) is 29.9 Å². The van der Waals surface area contributed by atoms with Gasteiger partial charge in [-0.15, -0.1) is 0 Å². The Morgan fingerprint density at radius 1 is 0.938 bits per heavy atom. The van der Waals surface area contributed by atoms with Crippen LogP contribution < -0.4 is 4.74 Å². The highest BCUT2D eigenvalue weighted by Gasteiger charge is 2.41. The molecule has 2 aliphatic rings. The fraction of sp³-hybridized carbons (Fsp3) is 0.357. The topological polar surface area (TPSA) is 15.7 Å². The summed E-state index contributed by atoms with van der Waals surface area (Å²) < 4.78 is 6.79. The van der Waals surface area contributed by atoms with Crippen molar-refractivity contribution in [1.29, 1.82) is 0 Å². The zero-order chi connectivity index (χ0) is 21.9. The second-order valence-electron chi connectivity index (χ2n) is 9.05. The molecule has 0 saturated carbocycles. The van der Waals surface area contributed by atoms with E-state index in [1.54, 1.807) is 7.11 Å². The molecule has 0 amide bonds. The van der Waals surface area contributed by atoms with Crippen molar-refractivity contribution in [3.05, 3.63) is 100 Å². The van der Waals surface area contributed by atoms with Crippen molar-refractivity contribution in [2.24, 2.45) is 0 Å². The summed E-state index contributed by atoms with van der Waals surface area (Å²) in [6.07, 6.45) is 2.59. The number of hydrogen-bond acceptors (Lipinski definition) is 3. The number of piperazine rings is 1. The summed E-state index contributed by atoms with van der Waals surface area (Å²) in [4.78, 5) is 5.46. The molecule has 3 aromatic rings. The van der Waals surface area contributed by atoms with Crippen LogP contribution in [0.25, 0.3) is 0 Å². The smallest absolute Gasteiger partial charge is 0.123 e. The highest BCUT2D eigenvalue weighted by molar-refractivity contribution is 9.10. The Bertz CT molecular complexity index is 987. The summed E-state index contributed by atoms with van der Waals surface area (Å²) in [5.74, 6) is 1.34. The quantitative estimate of drug-likeness (QED) is 0.425. The third kappa shape index (κ3) is 4.50. The Kier molecular flexibility index (Phi) is 6.63. The van der Waals surface area contributed by atoms with Crippen molar-refractivity contribution in [2.75, 3.05) is 26.7 Å². The monoisotopic (exact) mass is 490 g/mol. The van der Waals surface area contributed by atoms with Crippen LogP contribution in [0.3, 0.4) is 0 Å². The van der Waals surface area contributed by atoms with E-state index in [2.05, 4.69) is 105 Å². The van der Waals surface area contributed by atoms with Crippen LogP contribution in [0, 0.1) is 0 Å². The average molecular weight is 491 g/mol. The molecule has 2 fully saturated rings. The van der Waals surface area contributed by atoms with Gasteiger partial charge in [0, 0.05) is 47.7 Å². The summed E-state index contributed by atoms with van der Waals surface area (Å²) in [5.41, 5.74) is 4.08. The van der Waals surface area contributed by atoms with Gasteiger partial charge in [0.2, 0.25) is 0 Å². The van der Waals surface area contributed by atoms with Gasteiger partial charge in [-0.1, -0.05) is 76.6 Å². The molecule has 1 unspecified atom stereocenters. The normalized spacial score (nSPS) is 21.6. The van der Waals surface area contributed by atoms with E-state index >= 15 is 0 Å². The predicted octanol–water partition coefficient (Wildman–Crippen LogP) is 5.94. The van der Waals surface area contributed by atoms with Gasteiger partial charge in [-0.25, -0.2) is 0 Å². The van der Waals surface area contributed by atoms with Crippen molar-refractivity contribution in [2.45, 2.75) is 37.4 Å². The second-order valence-corrected chi connectivity index (χ2v) is 9.97. The first-order valence-electron chi connectivity index (χ1n) is 11.6. The molecule has 4 heteroatoms. The van der Waals surface area contributed by atoms with Crippen molar-refractivity contribution >= 4 is 15.9 Å². The number of ether oxygens (including phenoxy) is 1. The molecule has 0 aromatic heterocycles. The third-order valence-corrected chi connectivity index (χ3v) is 7.59. The van der Waals surface area contributed by atoms with Crippen LogP contribution in [0.5, 0.6) is 5.75 Å². The Hall–Kier alpha value is -2.14. The first-order valence-corrected chi connectivity index (χ1v) is 12.4. The van der Waals surface area contributed by atoms with Crippen LogP contribution in [0.15, 0.2) is 83.3 Å². The molecule has 5 rings (SSSR count). The van der Waals surface area contributed by atoms with Crippen LogP contribution >= 0.6 is 15.9 Å². The fourth-order valence-corrected chi connectivity index (χ4v) is 6.14. The molecular formula is C28H31BrN2O. The number of nitrogens with zero attached hydrogens (tertiary/aromatic N) is 2. The number of rotatable bonds is 6. The average Bonchev–Trinajstić information content (AvgIpc) is 3.30. The van der Waals surface area contributed by atoms with Crippen molar-refractivity contribution in [1.82, 2.24) is 9.80 Å². The van der Waals surface area contributed by atoms with E-state index in [1.807, 2.05) is 0 Å². The fourth-order valence-electron chi connectivity index (χ4n) is 5.73. The van der Waals surface area contributed by atoms with Gasteiger partial charge in [0.15, 0.2) is 0 Å². The van der Waals surface area contributed by atoms with Gasteiger partial charge >= 0.3 is 0 Å². The minimum Gasteiger partial charge on any atom is -0.496 e. The minimum absolute atomic E-state index is 0.366. The van der Waals surface area contributed by atoms with E-state index in [-0.39, 0.29) is 0 Å². The van der Waals surface area contributed by atoms with E-state index in [9.17, 15) is 0 Å². The van der Waals surface area contributed by atoms with Gasteiger partial charge in [-0.3, -0.25) is 9.80 Å². The van der Waals surface area contributed by atoms with Crippen LogP contribution in [0.1, 0.15) is 35.4 Å². The Morgan fingerprint density at radius 3 is 2.28 bits per heavy atom. The van der Waals surface area contributed by atoms with Gasteiger partial charge in [0.25, 0.3) is 0 Å². The molecule has 3 nitrogen and oxygen atoms in total. The molecule has 0 N–H and O–H groups in total. The molecule has 0 bridgehead atoms. The first-order chi connectivity index (χ1) is 15.7. The zero-order valence-corrected chi connectivity index (χ0v) is 20.2. The highest BCUT2D eigenvalue weighted by atomic mass is 79.9. The summed E-state index contributed by atoms with van der Waals surface area (Å²) in [6, 6.07) is 29.6. The van der Waals surface area contributed by atoms with E-state index < -0.39 is 0 Å². The highest BCUT2D eigenvalue weighted by Crippen LogP contribution is 2.38. The lowest BCUT2D eigenvalue weighted by atomic mass is 9.82. The second kappa shape index (κ2) is 9.78. The van der Waals surface area contributed by atoms with E-state index in [4.69, 9.17) is 4.74 Å². The van der Waals surface area contributed by atoms with Crippen molar-refractivity contribution in [3.63, 3.8) is 0 Å². The summed E-state index contributed by atoms with van der Waals surface area (Å²) in [5, 5.41) is 0. The Labute approximate surface area is 200 Å². The number of halogens is 1. The Balaban J connectivity index is 1.49. The first kappa shape index (κ1) is 21.7. The molecule has 3 aromatic carbocycles. The van der Waals surface area contributed by atoms with Gasteiger partial charge in [-0.2, -0.15) is 0 Å². The van der Waals surface area contributed by atoms with Gasteiger partial charge in [-0.05, 0) is 48.7 Å². The van der Waals surface area contributed by atoms with Gasteiger partial charge in [0.05, 0.1) is 7.11 Å². The molecular weight excluding hydrogens is 460 g/mol. The van der Waals surface area contributed by atoms with Crippen molar-refractivity contribution in [3.8, 4) is 5.75 Å². The van der Waals surface area contributed by atoms with Crippen LogP contribution in [-0.4, -0.2) is 48.6 Å². The number of benzene rings is 3. The largest absolute Gasteiger partial charge is 0.496 e. The number of hydrogen-bond donors (Lipinski definition) is 0. The number of fused-ring (bicyclic) bond motifs is 1. The van der Waals surface area contributed by atoms with Gasteiger partial charge < -0.3 is 4.74 Å². The lowest BCUT2D eigenvalue weighted by molar-refractivity contribution is 0.0380. The summed E-state index contributed by atoms with van der Waals surface area (Å²) in [7, 11) is 1.77. The molecule has 2 saturated heterocycles. The summed E-state index contributed by atoms with van der Waals surface area (Å²) in [6.45, 7) is 4.31. The molecule has 166 valence electrons. The molecule has 2 atom stereocenters. The van der Waals surface area contributed by atoms with Crippen LogP contribution in [0.2, 0.25) is 0 Å². The number of methoxy groups -OCH3 is 1. The van der Waals surface area contributed by atoms with Crippen LogP contribution in [-0.2, 0) is 6.54 Å². The SMILES string of the molecule is COc1ccc(Br)cc1CN1CC(C(c2ccccc2)c2ccccc2)N2CCC[C@H]2C1.